The lowest BCUT2D eigenvalue weighted by Gasteiger charge is -2.08. The van der Waals surface area contributed by atoms with E-state index in [1.54, 1.807) is 24.3 Å². The van der Waals surface area contributed by atoms with Crippen molar-refractivity contribution in [3.05, 3.63) is 78.1 Å². The summed E-state index contributed by atoms with van der Waals surface area (Å²) in [7, 11) is -2.13. The molecule has 0 fully saturated rings. The molecule has 0 radical (unpaired) electrons. The van der Waals surface area contributed by atoms with E-state index in [-0.39, 0.29) is 28.3 Å². The summed E-state index contributed by atoms with van der Waals surface area (Å²) in [6.07, 6.45) is 1.02. The summed E-state index contributed by atoms with van der Waals surface area (Å²) in [4.78, 5) is 12.8. The first-order valence-electron chi connectivity index (χ1n) is 9.59. The van der Waals surface area contributed by atoms with Gasteiger partial charge in [-0.15, -0.1) is 0 Å². The monoisotopic (exact) mass is 472 g/mol. The molecule has 1 amide bonds. The number of rotatable bonds is 6. The third-order valence-corrected chi connectivity index (χ3v) is 5.30. The van der Waals surface area contributed by atoms with Crippen molar-refractivity contribution in [1.29, 1.82) is 0 Å². The Morgan fingerprint density at radius 1 is 1.00 bits per heavy atom. The highest BCUT2D eigenvalue weighted by Crippen LogP contribution is 2.33. The van der Waals surface area contributed by atoms with Gasteiger partial charge in [0.15, 0.2) is 17.1 Å². The fourth-order valence-electron chi connectivity index (χ4n) is 3.34. The molecule has 0 bridgehead atoms. The fourth-order valence-corrected chi connectivity index (χ4v) is 3.88. The molecule has 1 aromatic heterocycles. The number of amides is 1. The van der Waals surface area contributed by atoms with Crippen molar-refractivity contribution in [2.75, 3.05) is 23.4 Å². The normalized spacial score (nSPS) is 11.4. The molecule has 4 rings (SSSR count). The van der Waals surface area contributed by atoms with Crippen molar-refractivity contribution in [3.63, 3.8) is 0 Å². The minimum Gasteiger partial charge on any atom is -0.493 e. The Balaban J connectivity index is 1.63. The zero-order valence-corrected chi connectivity index (χ0v) is 18.3. The molecule has 4 aromatic rings. The van der Waals surface area contributed by atoms with E-state index in [1.807, 2.05) is 0 Å². The van der Waals surface area contributed by atoms with Crippen molar-refractivity contribution in [3.8, 4) is 16.9 Å². The van der Waals surface area contributed by atoms with Gasteiger partial charge in [0.05, 0.1) is 19.1 Å². The third-order valence-electron chi connectivity index (χ3n) is 4.69. The first kappa shape index (κ1) is 22.3. The molecule has 33 heavy (non-hydrogen) atoms. The zero-order valence-electron chi connectivity index (χ0n) is 17.5. The van der Waals surface area contributed by atoms with Crippen LogP contribution in [0.25, 0.3) is 22.1 Å². The summed E-state index contributed by atoms with van der Waals surface area (Å²) in [5.41, 5.74) is 1.53. The Hall–Kier alpha value is -3.92. The fraction of sp³-hybridized carbons (Fsp3) is 0.0870. The van der Waals surface area contributed by atoms with Crippen LogP contribution in [0.5, 0.6) is 5.75 Å². The average Bonchev–Trinajstić information content (AvgIpc) is 3.16. The topological polar surface area (TPSA) is 97.6 Å². The number of methoxy groups -OCH3 is 1. The number of hydrogen-bond donors (Lipinski definition) is 2. The molecule has 0 aliphatic rings. The Labute approximate surface area is 188 Å². The number of hydrogen-bond acceptors (Lipinski definition) is 5. The van der Waals surface area contributed by atoms with Crippen LogP contribution in [0.4, 0.5) is 20.2 Å². The molecule has 0 aliphatic carbocycles. The standard InChI is InChI=1S/C23H18F2N2O5S/c1-31-20-12-17(27-33(2,29)30)9-14-10-21(32-22(14)20)23(28)26-16-5-3-4-13(8-16)18-7-6-15(24)11-19(18)25/h3-12,27H,1-2H3,(H,26,28). The number of anilines is 2. The van der Waals surface area contributed by atoms with E-state index in [0.29, 0.717) is 16.6 Å². The SMILES string of the molecule is COc1cc(NS(C)(=O)=O)cc2cc(C(=O)Nc3cccc(-c4ccc(F)cc4F)c3)oc12. The maximum Gasteiger partial charge on any atom is 0.291 e. The largest absolute Gasteiger partial charge is 0.493 e. The second-order valence-corrected chi connectivity index (χ2v) is 8.99. The third kappa shape index (κ3) is 4.96. The number of carbonyl (C=O) groups is 1. The number of ether oxygens (including phenoxy) is 1. The Kier molecular flexibility index (Phi) is 5.77. The van der Waals surface area contributed by atoms with Gasteiger partial charge in [-0.05, 0) is 42.0 Å². The molecule has 2 N–H and O–H groups in total. The van der Waals surface area contributed by atoms with Crippen LogP contribution < -0.4 is 14.8 Å². The lowest BCUT2D eigenvalue weighted by atomic mass is 10.0. The highest BCUT2D eigenvalue weighted by Gasteiger charge is 2.18. The van der Waals surface area contributed by atoms with E-state index in [0.717, 1.165) is 18.4 Å². The van der Waals surface area contributed by atoms with E-state index in [4.69, 9.17) is 9.15 Å². The van der Waals surface area contributed by atoms with Crippen LogP contribution in [0, 0.1) is 11.6 Å². The Morgan fingerprint density at radius 2 is 1.79 bits per heavy atom. The van der Waals surface area contributed by atoms with Crippen LogP contribution in [0.3, 0.4) is 0 Å². The number of nitrogens with one attached hydrogen (secondary N) is 2. The maximum absolute atomic E-state index is 14.1. The van der Waals surface area contributed by atoms with Gasteiger partial charge in [0.2, 0.25) is 10.0 Å². The van der Waals surface area contributed by atoms with Crippen LogP contribution in [-0.2, 0) is 10.0 Å². The summed E-state index contributed by atoms with van der Waals surface area (Å²) in [6.45, 7) is 0. The predicted octanol–water partition coefficient (Wildman–Crippen LogP) is 5.01. The number of fused-ring (bicyclic) bond motifs is 1. The highest BCUT2D eigenvalue weighted by atomic mass is 32.2. The van der Waals surface area contributed by atoms with E-state index in [1.165, 1.54) is 31.4 Å². The molecule has 10 heteroatoms. The number of halogens is 2. The minimum atomic E-state index is -3.52. The first-order valence-corrected chi connectivity index (χ1v) is 11.5. The predicted molar refractivity (Wildman–Crippen MR) is 121 cm³/mol. The molecule has 0 saturated carbocycles. The molecule has 0 spiro atoms. The Bertz CT molecular complexity index is 1480. The summed E-state index contributed by atoms with van der Waals surface area (Å²) in [6, 6.07) is 14.1. The van der Waals surface area contributed by atoms with Gasteiger partial charge >= 0.3 is 0 Å². The van der Waals surface area contributed by atoms with Gasteiger partial charge in [-0.3, -0.25) is 9.52 Å². The van der Waals surface area contributed by atoms with Gasteiger partial charge in [-0.1, -0.05) is 12.1 Å². The van der Waals surface area contributed by atoms with E-state index in [2.05, 4.69) is 10.0 Å². The van der Waals surface area contributed by atoms with Gasteiger partial charge in [0, 0.05) is 28.8 Å². The van der Waals surface area contributed by atoms with Crippen molar-refractivity contribution in [2.45, 2.75) is 0 Å². The molecule has 1 heterocycles. The number of furan rings is 1. The summed E-state index contributed by atoms with van der Waals surface area (Å²) >= 11 is 0. The number of sulfonamides is 1. The molecule has 0 aliphatic heterocycles. The molecule has 3 aromatic carbocycles. The molecular formula is C23H18F2N2O5S. The molecule has 0 unspecified atom stereocenters. The maximum atomic E-state index is 14.1. The second-order valence-electron chi connectivity index (χ2n) is 7.24. The molecule has 0 atom stereocenters. The van der Waals surface area contributed by atoms with Gasteiger partial charge in [-0.2, -0.15) is 0 Å². The minimum absolute atomic E-state index is 0.0434. The second kappa shape index (κ2) is 8.55. The van der Waals surface area contributed by atoms with Gasteiger partial charge in [0.1, 0.15) is 11.6 Å². The van der Waals surface area contributed by atoms with E-state index in [9.17, 15) is 22.0 Å². The average molecular weight is 472 g/mol. The van der Waals surface area contributed by atoms with Crippen molar-refractivity contribution >= 4 is 38.3 Å². The van der Waals surface area contributed by atoms with E-state index < -0.39 is 27.6 Å². The van der Waals surface area contributed by atoms with Gasteiger partial charge in [-0.25, -0.2) is 17.2 Å². The molecule has 7 nitrogen and oxygen atoms in total. The number of benzene rings is 3. The first-order chi connectivity index (χ1) is 15.6. The smallest absolute Gasteiger partial charge is 0.291 e. The highest BCUT2D eigenvalue weighted by molar-refractivity contribution is 7.92. The van der Waals surface area contributed by atoms with Crippen molar-refractivity contribution in [2.24, 2.45) is 0 Å². The zero-order chi connectivity index (χ0) is 23.8. The van der Waals surface area contributed by atoms with Crippen LogP contribution >= 0.6 is 0 Å². The van der Waals surface area contributed by atoms with Crippen LogP contribution in [0.1, 0.15) is 10.6 Å². The lowest BCUT2D eigenvalue weighted by Crippen LogP contribution is -2.10. The molecule has 170 valence electrons. The summed E-state index contributed by atoms with van der Waals surface area (Å²) < 4.78 is 63.7. The molecule has 0 saturated heterocycles. The van der Waals surface area contributed by atoms with Crippen LogP contribution in [0.2, 0.25) is 0 Å². The van der Waals surface area contributed by atoms with Crippen molar-refractivity contribution in [1.82, 2.24) is 0 Å². The number of carbonyl (C=O) groups excluding carboxylic acids is 1. The van der Waals surface area contributed by atoms with E-state index >= 15 is 0 Å². The van der Waals surface area contributed by atoms with Crippen LogP contribution in [-0.4, -0.2) is 27.7 Å². The summed E-state index contributed by atoms with van der Waals surface area (Å²) in [5.74, 6) is -1.79. The van der Waals surface area contributed by atoms with Crippen molar-refractivity contribution < 1.29 is 31.1 Å². The molecular weight excluding hydrogens is 454 g/mol. The summed E-state index contributed by atoms with van der Waals surface area (Å²) in [5, 5.41) is 3.12. The Morgan fingerprint density at radius 3 is 2.48 bits per heavy atom. The van der Waals surface area contributed by atoms with Gasteiger partial charge in [0.25, 0.3) is 5.91 Å². The quantitative estimate of drug-likeness (QED) is 0.411. The van der Waals surface area contributed by atoms with Gasteiger partial charge < -0.3 is 14.5 Å². The lowest BCUT2D eigenvalue weighted by molar-refractivity contribution is 0.0998. The van der Waals surface area contributed by atoms with Crippen LogP contribution in [0.15, 0.2) is 65.1 Å².